The molecule has 7 nitrogen and oxygen atoms in total. The molecule has 1 atom stereocenters. The van der Waals surface area contributed by atoms with Crippen molar-refractivity contribution >= 4 is 11.8 Å². The highest BCUT2D eigenvalue weighted by Crippen LogP contribution is 2.22. The van der Waals surface area contributed by atoms with Gasteiger partial charge in [0.2, 0.25) is 0 Å². The van der Waals surface area contributed by atoms with Gasteiger partial charge in [-0.25, -0.2) is 4.98 Å². The van der Waals surface area contributed by atoms with Crippen LogP contribution in [0.25, 0.3) is 0 Å². The van der Waals surface area contributed by atoms with Crippen LogP contribution in [-0.4, -0.2) is 34.5 Å². The zero-order valence-electron chi connectivity index (χ0n) is 16.7. The van der Waals surface area contributed by atoms with Crippen molar-refractivity contribution in [2.75, 3.05) is 7.11 Å². The first-order chi connectivity index (χ1) is 13.5. The van der Waals surface area contributed by atoms with E-state index in [0.717, 1.165) is 42.7 Å². The quantitative estimate of drug-likeness (QED) is 0.769. The molecule has 0 saturated heterocycles. The number of para-hydroxylation sites is 1. The predicted molar refractivity (Wildman–Crippen MR) is 107 cm³/mol. The highest BCUT2D eigenvalue weighted by atomic mass is 16.5. The first kappa shape index (κ1) is 19.9. The van der Waals surface area contributed by atoms with E-state index in [9.17, 15) is 9.59 Å². The summed E-state index contributed by atoms with van der Waals surface area (Å²) in [5.41, 5.74) is 2.12. The van der Waals surface area contributed by atoms with Gasteiger partial charge < -0.3 is 19.9 Å². The second-order valence-electron chi connectivity index (χ2n) is 7.12. The highest BCUT2D eigenvalue weighted by Gasteiger charge is 2.27. The number of carbonyl (C=O) groups excluding carboxylic acids is 2. The third kappa shape index (κ3) is 4.18. The molecular formula is C21H28N4O3. The van der Waals surface area contributed by atoms with Crippen molar-refractivity contribution in [2.24, 2.45) is 0 Å². The lowest BCUT2D eigenvalue weighted by Gasteiger charge is -2.17. The topological polar surface area (TPSA) is 85.2 Å². The molecule has 2 N–H and O–H groups in total. The van der Waals surface area contributed by atoms with Gasteiger partial charge in [-0.05, 0) is 38.7 Å². The number of nitrogens with zero attached hydrogens (tertiary/aromatic N) is 2. The average molecular weight is 384 g/mol. The van der Waals surface area contributed by atoms with Crippen LogP contribution in [0.2, 0.25) is 0 Å². The first-order valence-corrected chi connectivity index (χ1v) is 9.85. The molecule has 0 fully saturated rings. The molecule has 1 aromatic carbocycles. The smallest absolute Gasteiger partial charge is 0.287 e. The zero-order valence-corrected chi connectivity index (χ0v) is 16.7. The van der Waals surface area contributed by atoms with Crippen LogP contribution in [0.15, 0.2) is 24.3 Å². The van der Waals surface area contributed by atoms with Gasteiger partial charge in [0, 0.05) is 24.7 Å². The van der Waals surface area contributed by atoms with Gasteiger partial charge in [0.05, 0.1) is 12.8 Å². The fourth-order valence-corrected chi connectivity index (χ4v) is 3.40. The molecule has 0 aliphatic carbocycles. The van der Waals surface area contributed by atoms with Crippen LogP contribution in [0, 0.1) is 0 Å². The van der Waals surface area contributed by atoms with Crippen molar-refractivity contribution in [1.29, 1.82) is 0 Å². The minimum Gasteiger partial charge on any atom is -0.496 e. The van der Waals surface area contributed by atoms with Crippen LogP contribution >= 0.6 is 0 Å². The van der Waals surface area contributed by atoms with E-state index >= 15 is 0 Å². The van der Waals surface area contributed by atoms with E-state index in [1.54, 1.807) is 7.11 Å². The summed E-state index contributed by atoms with van der Waals surface area (Å²) in [6, 6.07) is 7.62. The van der Waals surface area contributed by atoms with Gasteiger partial charge in [-0.3, -0.25) is 9.59 Å². The monoisotopic (exact) mass is 384 g/mol. The van der Waals surface area contributed by atoms with Gasteiger partial charge in [-0.15, -0.1) is 0 Å². The summed E-state index contributed by atoms with van der Waals surface area (Å²) in [4.78, 5) is 29.9. The summed E-state index contributed by atoms with van der Waals surface area (Å²) in [5.74, 6) is 0.542. The normalized spacial score (nSPS) is 14.1. The number of aromatic nitrogens is 2. The predicted octanol–water partition coefficient (Wildman–Crippen LogP) is 2.69. The van der Waals surface area contributed by atoms with E-state index in [0.29, 0.717) is 24.6 Å². The van der Waals surface area contributed by atoms with Gasteiger partial charge in [0.15, 0.2) is 5.82 Å². The van der Waals surface area contributed by atoms with Crippen LogP contribution in [0.4, 0.5) is 0 Å². The Kier molecular flexibility index (Phi) is 6.34. The molecule has 2 amide bonds. The molecule has 28 heavy (non-hydrogen) atoms. The minimum atomic E-state index is -0.281. The maximum Gasteiger partial charge on any atom is 0.287 e. The first-order valence-electron chi connectivity index (χ1n) is 9.85. The number of imidazole rings is 1. The Morgan fingerprint density at radius 2 is 2.04 bits per heavy atom. The molecule has 0 saturated carbocycles. The lowest BCUT2D eigenvalue weighted by molar-refractivity contribution is 0.0932. The zero-order chi connectivity index (χ0) is 20.1. The SMILES string of the molecule is CCC(C)NC(=O)c1nc(C(=O)NCc2ccccc2OC)n2c1CCCC2. The van der Waals surface area contributed by atoms with Crippen molar-refractivity contribution in [1.82, 2.24) is 20.2 Å². The van der Waals surface area contributed by atoms with E-state index in [4.69, 9.17) is 4.74 Å². The maximum absolute atomic E-state index is 12.8. The molecule has 0 spiro atoms. The molecule has 3 rings (SSSR count). The Labute approximate surface area is 165 Å². The van der Waals surface area contributed by atoms with Crippen LogP contribution in [0.3, 0.4) is 0 Å². The number of benzene rings is 1. The lowest BCUT2D eigenvalue weighted by Crippen LogP contribution is -2.33. The van der Waals surface area contributed by atoms with E-state index in [1.165, 1.54) is 0 Å². The Morgan fingerprint density at radius 3 is 2.79 bits per heavy atom. The molecule has 0 bridgehead atoms. The third-order valence-electron chi connectivity index (χ3n) is 5.16. The van der Waals surface area contributed by atoms with E-state index in [-0.39, 0.29) is 17.9 Å². The molecule has 1 aromatic heterocycles. The van der Waals surface area contributed by atoms with Crippen molar-refractivity contribution in [2.45, 2.75) is 58.7 Å². The van der Waals surface area contributed by atoms with Crippen LogP contribution in [0.1, 0.15) is 65.5 Å². The largest absolute Gasteiger partial charge is 0.496 e. The van der Waals surface area contributed by atoms with Crippen LogP contribution < -0.4 is 15.4 Å². The Balaban J connectivity index is 1.81. The Morgan fingerprint density at radius 1 is 1.25 bits per heavy atom. The molecule has 2 aromatic rings. The third-order valence-corrected chi connectivity index (χ3v) is 5.16. The van der Waals surface area contributed by atoms with Gasteiger partial charge in [-0.2, -0.15) is 0 Å². The molecule has 1 aliphatic heterocycles. The van der Waals surface area contributed by atoms with E-state index in [1.807, 2.05) is 42.7 Å². The Hall–Kier alpha value is -2.83. The fraction of sp³-hybridized carbons (Fsp3) is 0.476. The molecule has 7 heteroatoms. The summed E-state index contributed by atoms with van der Waals surface area (Å²) in [5, 5.41) is 5.87. The number of methoxy groups -OCH3 is 1. The van der Waals surface area contributed by atoms with Crippen molar-refractivity contribution in [3.63, 3.8) is 0 Å². The van der Waals surface area contributed by atoms with Gasteiger partial charge in [-0.1, -0.05) is 25.1 Å². The second kappa shape index (κ2) is 8.91. The summed E-state index contributed by atoms with van der Waals surface area (Å²) < 4.78 is 7.23. The van der Waals surface area contributed by atoms with Crippen LogP contribution in [0.5, 0.6) is 5.75 Å². The Bertz CT molecular complexity index is 859. The molecular weight excluding hydrogens is 356 g/mol. The van der Waals surface area contributed by atoms with Crippen molar-refractivity contribution in [3.05, 3.63) is 47.0 Å². The standard InChI is InChI=1S/C21H28N4O3/c1-4-14(2)23-20(26)18-16-10-7-8-12-25(16)19(24-18)21(27)22-13-15-9-5-6-11-17(15)28-3/h5-6,9,11,14H,4,7-8,10,12-13H2,1-3H3,(H,22,27)(H,23,26). The van der Waals surface area contributed by atoms with Crippen molar-refractivity contribution < 1.29 is 14.3 Å². The lowest BCUT2D eigenvalue weighted by atomic mass is 10.1. The number of fused-ring (bicyclic) bond motifs is 1. The van der Waals surface area contributed by atoms with Crippen molar-refractivity contribution in [3.8, 4) is 5.75 Å². The molecule has 0 radical (unpaired) electrons. The highest BCUT2D eigenvalue weighted by molar-refractivity contribution is 5.97. The molecule has 1 unspecified atom stereocenters. The number of amides is 2. The van der Waals surface area contributed by atoms with Gasteiger partial charge in [0.1, 0.15) is 11.4 Å². The van der Waals surface area contributed by atoms with E-state index in [2.05, 4.69) is 15.6 Å². The summed E-state index contributed by atoms with van der Waals surface area (Å²) >= 11 is 0. The number of rotatable bonds is 7. The van der Waals surface area contributed by atoms with Crippen LogP contribution in [-0.2, 0) is 19.5 Å². The van der Waals surface area contributed by atoms with E-state index < -0.39 is 0 Å². The summed E-state index contributed by atoms with van der Waals surface area (Å²) in [6.45, 7) is 5.02. The van der Waals surface area contributed by atoms with Gasteiger partial charge >= 0.3 is 0 Å². The number of ether oxygens (including phenoxy) is 1. The van der Waals surface area contributed by atoms with Gasteiger partial charge in [0.25, 0.3) is 11.8 Å². The molecule has 150 valence electrons. The molecule has 1 aliphatic rings. The second-order valence-corrected chi connectivity index (χ2v) is 7.12. The number of hydrogen-bond acceptors (Lipinski definition) is 4. The number of hydrogen-bond donors (Lipinski definition) is 2. The maximum atomic E-state index is 12.8. The molecule has 2 heterocycles. The average Bonchev–Trinajstić information content (AvgIpc) is 3.12. The summed E-state index contributed by atoms with van der Waals surface area (Å²) in [7, 11) is 1.60. The number of nitrogens with one attached hydrogen (secondary N) is 2. The summed E-state index contributed by atoms with van der Waals surface area (Å²) in [6.07, 6.45) is 3.57. The number of carbonyl (C=O) groups is 2. The minimum absolute atomic E-state index is 0.0660. The fourth-order valence-electron chi connectivity index (χ4n) is 3.40.